The van der Waals surface area contributed by atoms with E-state index >= 15 is 0 Å². The van der Waals surface area contributed by atoms with E-state index in [4.69, 9.17) is 5.73 Å². The zero-order chi connectivity index (χ0) is 8.97. The van der Waals surface area contributed by atoms with Crippen molar-refractivity contribution in [3.63, 3.8) is 0 Å². The zero-order valence-electron chi connectivity index (χ0n) is 8.13. The van der Waals surface area contributed by atoms with Gasteiger partial charge in [0.2, 0.25) is 0 Å². The van der Waals surface area contributed by atoms with Crippen molar-refractivity contribution in [2.24, 2.45) is 17.6 Å². The SMILES string of the molecule is C=CCCCC1CCC(N)C1C. The van der Waals surface area contributed by atoms with E-state index < -0.39 is 0 Å². The minimum absolute atomic E-state index is 0.471. The van der Waals surface area contributed by atoms with Crippen LogP contribution in [0.4, 0.5) is 0 Å². The number of hydrogen-bond acceptors (Lipinski definition) is 1. The van der Waals surface area contributed by atoms with Crippen molar-refractivity contribution in [1.29, 1.82) is 0 Å². The van der Waals surface area contributed by atoms with Gasteiger partial charge >= 0.3 is 0 Å². The number of allylic oxidation sites excluding steroid dienone is 1. The van der Waals surface area contributed by atoms with Gasteiger partial charge in [-0.1, -0.05) is 13.0 Å². The maximum absolute atomic E-state index is 5.95. The fraction of sp³-hybridized carbons (Fsp3) is 0.818. The third-order valence-corrected chi connectivity index (χ3v) is 3.27. The molecule has 0 saturated heterocycles. The molecule has 0 radical (unpaired) electrons. The molecule has 1 saturated carbocycles. The van der Waals surface area contributed by atoms with Crippen LogP contribution in [0.5, 0.6) is 0 Å². The van der Waals surface area contributed by atoms with Crippen LogP contribution in [0.15, 0.2) is 12.7 Å². The molecule has 1 fully saturated rings. The molecule has 0 heterocycles. The maximum Gasteiger partial charge on any atom is 0.00672 e. The van der Waals surface area contributed by atoms with Crippen molar-refractivity contribution in [3.8, 4) is 0 Å². The van der Waals surface area contributed by atoms with E-state index in [2.05, 4.69) is 13.5 Å². The topological polar surface area (TPSA) is 26.0 Å². The molecular weight excluding hydrogens is 146 g/mol. The molecule has 0 aliphatic heterocycles. The molecule has 12 heavy (non-hydrogen) atoms. The first kappa shape index (κ1) is 9.79. The minimum Gasteiger partial charge on any atom is -0.327 e. The van der Waals surface area contributed by atoms with E-state index in [9.17, 15) is 0 Å². The van der Waals surface area contributed by atoms with Crippen molar-refractivity contribution < 1.29 is 0 Å². The van der Waals surface area contributed by atoms with E-state index in [0.29, 0.717) is 6.04 Å². The van der Waals surface area contributed by atoms with Crippen LogP contribution >= 0.6 is 0 Å². The van der Waals surface area contributed by atoms with E-state index in [1.807, 2.05) is 6.08 Å². The van der Waals surface area contributed by atoms with E-state index in [1.54, 1.807) is 0 Å². The molecule has 1 nitrogen and oxygen atoms in total. The van der Waals surface area contributed by atoms with E-state index in [1.165, 1.54) is 32.1 Å². The third-order valence-electron chi connectivity index (χ3n) is 3.27. The fourth-order valence-corrected chi connectivity index (χ4v) is 2.21. The lowest BCUT2D eigenvalue weighted by Gasteiger charge is -2.17. The van der Waals surface area contributed by atoms with Gasteiger partial charge in [0.25, 0.3) is 0 Å². The summed E-state index contributed by atoms with van der Waals surface area (Å²) in [5.41, 5.74) is 5.95. The highest BCUT2D eigenvalue weighted by Gasteiger charge is 2.29. The van der Waals surface area contributed by atoms with Gasteiger partial charge in [0.05, 0.1) is 0 Å². The highest BCUT2D eigenvalue weighted by molar-refractivity contribution is 4.84. The highest BCUT2D eigenvalue weighted by Crippen LogP contribution is 2.33. The molecular formula is C11H21N. The monoisotopic (exact) mass is 167 g/mol. The molecule has 1 aliphatic rings. The summed E-state index contributed by atoms with van der Waals surface area (Å²) >= 11 is 0. The predicted molar refractivity (Wildman–Crippen MR) is 53.9 cm³/mol. The molecule has 1 rings (SSSR count). The Kier molecular flexibility index (Phi) is 3.80. The lowest BCUT2D eigenvalue weighted by Crippen LogP contribution is -2.25. The minimum atomic E-state index is 0.471. The lowest BCUT2D eigenvalue weighted by molar-refractivity contribution is 0.362. The standard InChI is InChI=1S/C11H21N/c1-3-4-5-6-10-7-8-11(12)9(10)2/h3,9-11H,1,4-8,12H2,2H3. The van der Waals surface area contributed by atoms with E-state index in [-0.39, 0.29) is 0 Å². The summed E-state index contributed by atoms with van der Waals surface area (Å²) in [6, 6.07) is 0.471. The summed E-state index contributed by atoms with van der Waals surface area (Å²) in [5, 5.41) is 0. The molecule has 3 atom stereocenters. The van der Waals surface area contributed by atoms with Crippen molar-refractivity contribution in [2.45, 2.75) is 45.1 Å². The number of nitrogens with two attached hydrogens (primary N) is 1. The van der Waals surface area contributed by atoms with Crippen LogP contribution in [-0.4, -0.2) is 6.04 Å². The summed E-state index contributed by atoms with van der Waals surface area (Å²) in [4.78, 5) is 0. The molecule has 0 amide bonds. The van der Waals surface area contributed by atoms with Crippen LogP contribution < -0.4 is 5.73 Å². The summed E-state index contributed by atoms with van der Waals surface area (Å²) in [6.07, 6.45) is 8.41. The van der Waals surface area contributed by atoms with Gasteiger partial charge in [-0.25, -0.2) is 0 Å². The van der Waals surface area contributed by atoms with Crippen molar-refractivity contribution in [3.05, 3.63) is 12.7 Å². The molecule has 0 aromatic heterocycles. The number of unbranched alkanes of at least 4 members (excludes halogenated alkanes) is 1. The van der Waals surface area contributed by atoms with Crippen molar-refractivity contribution >= 4 is 0 Å². The van der Waals surface area contributed by atoms with Gasteiger partial charge in [-0.3, -0.25) is 0 Å². The van der Waals surface area contributed by atoms with Crippen LogP contribution in [0.2, 0.25) is 0 Å². The Morgan fingerprint density at radius 1 is 1.50 bits per heavy atom. The van der Waals surface area contributed by atoms with Gasteiger partial charge in [-0.05, 0) is 43.9 Å². The number of hydrogen-bond donors (Lipinski definition) is 1. The van der Waals surface area contributed by atoms with Gasteiger partial charge in [0.1, 0.15) is 0 Å². The summed E-state index contributed by atoms with van der Waals surface area (Å²) in [6.45, 7) is 6.04. The van der Waals surface area contributed by atoms with Gasteiger partial charge in [0, 0.05) is 6.04 Å². The second kappa shape index (κ2) is 4.66. The lowest BCUT2D eigenvalue weighted by atomic mass is 9.91. The van der Waals surface area contributed by atoms with Crippen LogP contribution in [0.3, 0.4) is 0 Å². The summed E-state index contributed by atoms with van der Waals surface area (Å²) in [5.74, 6) is 1.63. The second-order valence-electron chi connectivity index (χ2n) is 4.08. The van der Waals surface area contributed by atoms with Crippen molar-refractivity contribution in [2.75, 3.05) is 0 Å². The largest absolute Gasteiger partial charge is 0.327 e. The molecule has 0 spiro atoms. The third kappa shape index (κ3) is 2.34. The summed E-state index contributed by atoms with van der Waals surface area (Å²) in [7, 11) is 0. The first-order valence-corrected chi connectivity index (χ1v) is 5.12. The van der Waals surface area contributed by atoms with Gasteiger partial charge in [-0.15, -0.1) is 6.58 Å². The van der Waals surface area contributed by atoms with Gasteiger partial charge < -0.3 is 5.73 Å². The highest BCUT2D eigenvalue weighted by atomic mass is 14.7. The van der Waals surface area contributed by atoms with Crippen molar-refractivity contribution in [1.82, 2.24) is 0 Å². The average Bonchev–Trinajstić information content (AvgIpc) is 2.36. The van der Waals surface area contributed by atoms with Crippen LogP contribution in [0.25, 0.3) is 0 Å². The number of rotatable bonds is 4. The van der Waals surface area contributed by atoms with Crippen LogP contribution in [0.1, 0.15) is 39.0 Å². The maximum atomic E-state index is 5.95. The Morgan fingerprint density at radius 2 is 2.25 bits per heavy atom. The Hall–Kier alpha value is -0.300. The zero-order valence-corrected chi connectivity index (χ0v) is 8.13. The van der Waals surface area contributed by atoms with Gasteiger partial charge in [0.15, 0.2) is 0 Å². The Balaban J connectivity index is 2.20. The molecule has 2 N–H and O–H groups in total. The molecule has 0 bridgehead atoms. The second-order valence-corrected chi connectivity index (χ2v) is 4.08. The molecule has 3 unspecified atom stereocenters. The Morgan fingerprint density at radius 3 is 2.75 bits per heavy atom. The quantitative estimate of drug-likeness (QED) is 0.505. The first-order valence-electron chi connectivity index (χ1n) is 5.12. The Bertz CT molecular complexity index is 142. The average molecular weight is 167 g/mol. The summed E-state index contributed by atoms with van der Waals surface area (Å²) < 4.78 is 0. The van der Waals surface area contributed by atoms with Crippen LogP contribution in [0, 0.1) is 11.8 Å². The van der Waals surface area contributed by atoms with Crippen LogP contribution in [-0.2, 0) is 0 Å². The normalized spacial score (nSPS) is 35.3. The molecule has 1 heteroatoms. The molecule has 70 valence electrons. The van der Waals surface area contributed by atoms with E-state index in [0.717, 1.165) is 11.8 Å². The Labute approximate surface area is 76.0 Å². The smallest absolute Gasteiger partial charge is 0.00672 e. The molecule has 1 aliphatic carbocycles. The first-order chi connectivity index (χ1) is 5.75. The predicted octanol–water partition coefficient (Wildman–Crippen LogP) is 2.72. The fourth-order valence-electron chi connectivity index (χ4n) is 2.21. The molecule has 0 aromatic rings. The molecule has 0 aromatic carbocycles. The van der Waals surface area contributed by atoms with Gasteiger partial charge in [-0.2, -0.15) is 0 Å².